The van der Waals surface area contributed by atoms with E-state index in [0.29, 0.717) is 0 Å². The number of hydrogen-bond acceptors (Lipinski definition) is 5. The first-order valence-electron chi connectivity index (χ1n) is 6.99. The van der Waals surface area contributed by atoms with Gasteiger partial charge in [0.05, 0.1) is 10.5 Å². The molecule has 1 fully saturated rings. The zero-order valence-corrected chi connectivity index (χ0v) is 12.3. The molecule has 0 bridgehead atoms. The molecule has 114 valence electrons. The molecule has 0 aromatic carbocycles. The molecule has 7 heteroatoms. The average Bonchev–Trinajstić information content (AvgIpc) is 2.37. The van der Waals surface area contributed by atoms with E-state index in [1.54, 1.807) is 0 Å². The maximum absolute atomic E-state index is 12.3. The van der Waals surface area contributed by atoms with Crippen molar-refractivity contribution >= 4 is 17.4 Å². The molecule has 2 rings (SSSR count). The van der Waals surface area contributed by atoms with Crippen molar-refractivity contribution in [3.63, 3.8) is 0 Å². The Morgan fingerprint density at radius 1 is 1.57 bits per heavy atom. The zero-order valence-electron chi connectivity index (χ0n) is 12.3. The second-order valence-electron chi connectivity index (χ2n) is 6.31. The average molecular weight is 292 g/mol. The lowest BCUT2D eigenvalue weighted by atomic mass is 9.75. The van der Waals surface area contributed by atoms with Gasteiger partial charge in [-0.05, 0) is 24.7 Å². The molecule has 1 saturated carbocycles. The number of nitrogens with zero attached hydrogens (tertiary/aromatic N) is 2. The lowest BCUT2D eigenvalue weighted by Gasteiger charge is -2.35. The lowest BCUT2D eigenvalue weighted by Crippen LogP contribution is -2.40. The Kier molecular flexibility index (Phi) is 4.11. The smallest absolute Gasteiger partial charge is 0.288 e. The monoisotopic (exact) mass is 292 g/mol. The number of anilines is 1. The number of amides is 1. The number of pyridine rings is 1. The van der Waals surface area contributed by atoms with Gasteiger partial charge >= 0.3 is 0 Å². The Morgan fingerprint density at radius 2 is 2.29 bits per heavy atom. The van der Waals surface area contributed by atoms with Crippen LogP contribution in [0.2, 0.25) is 0 Å². The summed E-state index contributed by atoms with van der Waals surface area (Å²) in [5, 5.41) is 13.7. The first-order valence-corrected chi connectivity index (χ1v) is 6.99. The van der Waals surface area contributed by atoms with E-state index in [4.69, 9.17) is 5.73 Å². The summed E-state index contributed by atoms with van der Waals surface area (Å²) in [5.41, 5.74) is 5.68. The first-order chi connectivity index (χ1) is 9.78. The fraction of sp³-hybridized carbons (Fsp3) is 0.571. The van der Waals surface area contributed by atoms with Crippen LogP contribution in [0.4, 0.5) is 11.5 Å². The van der Waals surface area contributed by atoms with E-state index in [-0.39, 0.29) is 28.5 Å². The molecule has 1 atom stereocenters. The SMILES string of the molecule is CC1(C)CCCC(NC(=O)c2cc([N+](=O)[O-])cnc2N)C1. The van der Waals surface area contributed by atoms with Crippen molar-refractivity contribution in [3.05, 3.63) is 27.9 Å². The van der Waals surface area contributed by atoms with E-state index < -0.39 is 10.8 Å². The summed E-state index contributed by atoms with van der Waals surface area (Å²) in [5.74, 6) is -0.389. The number of hydrogen-bond donors (Lipinski definition) is 2. The van der Waals surface area contributed by atoms with E-state index in [9.17, 15) is 14.9 Å². The molecule has 0 aliphatic heterocycles. The molecule has 21 heavy (non-hydrogen) atoms. The van der Waals surface area contributed by atoms with E-state index >= 15 is 0 Å². The van der Waals surface area contributed by atoms with Crippen molar-refractivity contribution in [3.8, 4) is 0 Å². The standard InChI is InChI=1S/C14H20N4O3/c1-14(2)5-3-4-9(7-14)17-13(19)11-6-10(18(20)21)8-16-12(11)15/h6,8-9H,3-5,7H2,1-2H3,(H2,15,16)(H,17,19). The van der Waals surface area contributed by atoms with Crippen LogP contribution >= 0.6 is 0 Å². The van der Waals surface area contributed by atoms with Crippen LogP contribution < -0.4 is 11.1 Å². The van der Waals surface area contributed by atoms with E-state index in [1.165, 1.54) is 6.07 Å². The predicted octanol–water partition coefficient (Wildman–Crippen LogP) is 2.27. The Balaban J connectivity index is 2.13. The van der Waals surface area contributed by atoms with Crippen LogP contribution in [-0.2, 0) is 0 Å². The highest BCUT2D eigenvalue weighted by Crippen LogP contribution is 2.35. The van der Waals surface area contributed by atoms with Gasteiger partial charge in [0.15, 0.2) is 0 Å². The number of aromatic nitrogens is 1. The minimum atomic E-state index is -0.590. The molecule has 3 N–H and O–H groups in total. The Morgan fingerprint density at radius 3 is 2.90 bits per heavy atom. The second-order valence-corrected chi connectivity index (χ2v) is 6.31. The molecule has 1 aliphatic carbocycles. The van der Waals surface area contributed by atoms with Crippen LogP contribution in [0.5, 0.6) is 0 Å². The highest BCUT2D eigenvalue weighted by molar-refractivity contribution is 5.99. The molecule has 1 unspecified atom stereocenters. The highest BCUT2D eigenvalue weighted by atomic mass is 16.6. The van der Waals surface area contributed by atoms with Crippen molar-refractivity contribution in [2.75, 3.05) is 5.73 Å². The summed E-state index contributed by atoms with van der Waals surface area (Å²) in [4.78, 5) is 26.1. The van der Waals surface area contributed by atoms with Crippen molar-refractivity contribution in [2.45, 2.75) is 45.6 Å². The van der Waals surface area contributed by atoms with Crippen LogP contribution in [0.3, 0.4) is 0 Å². The van der Waals surface area contributed by atoms with Crippen molar-refractivity contribution < 1.29 is 9.72 Å². The molecule has 1 heterocycles. The summed E-state index contributed by atoms with van der Waals surface area (Å²) >= 11 is 0. The van der Waals surface area contributed by atoms with Crippen LogP contribution in [0.15, 0.2) is 12.3 Å². The largest absolute Gasteiger partial charge is 0.383 e. The van der Waals surface area contributed by atoms with Gasteiger partial charge in [-0.3, -0.25) is 14.9 Å². The molecular weight excluding hydrogens is 272 g/mol. The fourth-order valence-electron chi connectivity index (χ4n) is 2.83. The third-order valence-corrected chi connectivity index (χ3v) is 3.90. The van der Waals surface area contributed by atoms with Crippen LogP contribution in [0.25, 0.3) is 0 Å². The normalized spacial score (nSPS) is 20.8. The molecule has 1 aliphatic rings. The Labute approximate surface area is 123 Å². The third-order valence-electron chi connectivity index (χ3n) is 3.90. The first kappa shape index (κ1) is 15.2. The minimum absolute atomic E-state index is 0.00756. The Bertz CT molecular complexity index is 571. The van der Waals surface area contributed by atoms with E-state index in [1.807, 2.05) is 0 Å². The number of nitrogens with two attached hydrogens (primary N) is 1. The lowest BCUT2D eigenvalue weighted by molar-refractivity contribution is -0.385. The predicted molar refractivity (Wildman–Crippen MR) is 78.8 cm³/mol. The van der Waals surface area contributed by atoms with Gasteiger partial charge in [-0.25, -0.2) is 4.98 Å². The zero-order chi connectivity index (χ0) is 15.6. The molecule has 0 spiro atoms. The van der Waals surface area contributed by atoms with Gasteiger partial charge in [0.2, 0.25) is 0 Å². The van der Waals surface area contributed by atoms with Gasteiger partial charge in [-0.1, -0.05) is 20.3 Å². The molecular formula is C14H20N4O3. The number of nitro groups is 1. The van der Waals surface area contributed by atoms with E-state index in [0.717, 1.165) is 31.9 Å². The maximum atomic E-state index is 12.3. The van der Waals surface area contributed by atoms with Gasteiger partial charge in [0.25, 0.3) is 11.6 Å². The second kappa shape index (κ2) is 5.67. The maximum Gasteiger partial charge on any atom is 0.288 e. The van der Waals surface area contributed by atoms with Crippen LogP contribution in [0, 0.1) is 15.5 Å². The summed E-state index contributed by atoms with van der Waals surface area (Å²) in [6.07, 6.45) is 5.05. The number of nitrogen functional groups attached to an aromatic ring is 1. The van der Waals surface area contributed by atoms with E-state index in [2.05, 4.69) is 24.1 Å². The van der Waals surface area contributed by atoms with Crippen LogP contribution in [0.1, 0.15) is 49.9 Å². The minimum Gasteiger partial charge on any atom is -0.383 e. The van der Waals surface area contributed by atoms with Gasteiger partial charge < -0.3 is 11.1 Å². The summed E-state index contributed by atoms with van der Waals surface area (Å²) in [7, 11) is 0. The Hall–Kier alpha value is -2.18. The van der Waals surface area contributed by atoms with Crippen molar-refractivity contribution in [2.24, 2.45) is 5.41 Å². The van der Waals surface area contributed by atoms with Crippen LogP contribution in [-0.4, -0.2) is 21.9 Å². The van der Waals surface area contributed by atoms with Gasteiger partial charge in [0, 0.05) is 12.1 Å². The van der Waals surface area contributed by atoms with Crippen molar-refractivity contribution in [1.82, 2.24) is 10.3 Å². The topological polar surface area (TPSA) is 111 Å². The molecule has 7 nitrogen and oxygen atoms in total. The summed E-state index contributed by atoms with van der Waals surface area (Å²) in [6.45, 7) is 4.35. The molecule has 1 amide bonds. The van der Waals surface area contributed by atoms with Gasteiger partial charge in [-0.15, -0.1) is 0 Å². The number of carbonyl (C=O) groups is 1. The summed E-state index contributed by atoms with van der Waals surface area (Å²) in [6, 6.07) is 1.24. The number of rotatable bonds is 3. The molecule has 0 radical (unpaired) electrons. The van der Waals surface area contributed by atoms with Crippen molar-refractivity contribution in [1.29, 1.82) is 0 Å². The molecule has 1 aromatic rings. The third kappa shape index (κ3) is 3.68. The van der Waals surface area contributed by atoms with Gasteiger partial charge in [-0.2, -0.15) is 0 Å². The molecule has 1 aromatic heterocycles. The highest BCUT2D eigenvalue weighted by Gasteiger charge is 2.29. The number of carbonyl (C=O) groups excluding carboxylic acids is 1. The molecule has 0 saturated heterocycles. The fourth-order valence-corrected chi connectivity index (χ4v) is 2.83. The number of nitrogens with one attached hydrogen (secondary N) is 1. The quantitative estimate of drug-likeness (QED) is 0.655. The van der Waals surface area contributed by atoms with Gasteiger partial charge in [0.1, 0.15) is 12.0 Å². The summed E-state index contributed by atoms with van der Waals surface area (Å²) < 4.78 is 0.